The first-order chi connectivity index (χ1) is 13.1. The van der Waals surface area contributed by atoms with Crippen molar-refractivity contribution in [2.45, 2.75) is 19.8 Å². The van der Waals surface area contributed by atoms with Crippen molar-refractivity contribution in [1.82, 2.24) is 5.32 Å². The number of ether oxygens (including phenoxy) is 1. The quantitative estimate of drug-likeness (QED) is 0.743. The SMILES string of the molecule is CC1=C(C(=O)Nc2ccc(CC(=O)NCCc3cccs3)cc2)SCCO1. The number of rotatable bonds is 7. The topological polar surface area (TPSA) is 67.4 Å². The minimum Gasteiger partial charge on any atom is -0.496 e. The molecule has 1 aliphatic rings. The summed E-state index contributed by atoms with van der Waals surface area (Å²) in [5.74, 6) is 1.29. The van der Waals surface area contributed by atoms with Crippen LogP contribution in [0.1, 0.15) is 17.4 Å². The largest absolute Gasteiger partial charge is 0.496 e. The molecule has 7 heteroatoms. The minimum atomic E-state index is -0.156. The fourth-order valence-corrected chi connectivity index (χ4v) is 4.18. The van der Waals surface area contributed by atoms with E-state index < -0.39 is 0 Å². The van der Waals surface area contributed by atoms with Gasteiger partial charge in [0.15, 0.2) is 0 Å². The summed E-state index contributed by atoms with van der Waals surface area (Å²) in [5.41, 5.74) is 1.61. The molecule has 0 radical (unpaired) electrons. The maximum absolute atomic E-state index is 12.3. The van der Waals surface area contributed by atoms with Crippen LogP contribution >= 0.6 is 23.1 Å². The van der Waals surface area contributed by atoms with E-state index >= 15 is 0 Å². The van der Waals surface area contributed by atoms with Gasteiger partial charge in [-0.25, -0.2) is 0 Å². The number of carbonyl (C=O) groups is 2. The summed E-state index contributed by atoms with van der Waals surface area (Å²) in [6.07, 6.45) is 1.18. The molecule has 0 bridgehead atoms. The van der Waals surface area contributed by atoms with Crippen LogP contribution in [0, 0.1) is 0 Å². The first-order valence-electron chi connectivity index (χ1n) is 8.77. The van der Waals surface area contributed by atoms with Gasteiger partial charge >= 0.3 is 0 Å². The third kappa shape index (κ3) is 5.87. The van der Waals surface area contributed by atoms with Gasteiger partial charge in [0.1, 0.15) is 10.7 Å². The van der Waals surface area contributed by atoms with E-state index in [1.54, 1.807) is 18.3 Å². The van der Waals surface area contributed by atoms with Crippen molar-refractivity contribution in [3.05, 3.63) is 62.9 Å². The molecule has 2 N–H and O–H groups in total. The van der Waals surface area contributed by atoms with Crippen LogP contribution in [0.4, 0.5) is 5.69 Å². The third-order valence-corrected chi connectivity index (χ3v) is 6.09. The Bertz CT molecular complexity index is 814. The standard InChI is InChI=1S/C20H22N2O3S2/c1-14-19(27-12-10-25-14)20(24)22-16-6-4-15(5-7-16)13-18(23)21-9-8-17-3-2-11-26-17/h2-7,11H,8-10,12-13H2,1H3,(H,21,23)(H,22,24). The van der Waals surface area contributed by atoms with Crippen LogP contribution in [-0.4, -0.2) is 30.7 Å². The molecule has 2 aromatic rings. The van der Waals surface area contributed by atoms with Crippen molar-refractivity contribution in [1.29, 1.82) is 0 Å². The molecule has 2 amide bonds. The van der Waals surface area contributed by atoms with Crippen molar-refractivity contribution in [2.24, 2.45) is 0 Å². The number of benzene rings is 1. The second kappa shape index (κ2) is 9.62. The number of carbonyl (C=O) groups excluding carboxylic acids is 2. The lowest BCUT2D eigenvalue weighted by atomic mass is 10.1. The van der Waals surface area contributed by atoms with Crippen LogP contribution in [0.15, 0.2) is 52.4 Å². The fourth-order valence-electron chi connectivity index (χ4n) is 2.65. The summed E-state index contributed by atoms with van der Waals surface area (Å²) >= 11 is 3.20. The summed E-state index contributed by atoms with van der Waals surface area (Å²) in [6.45, 7) is 3.08. The summed E-state index contributed by atoms with van der Waals surface area (Å²) in [4.78, 5) is 26.3. The highest BCUT2D eigenvalue weighted by atomic mass is 32.2. The molecule has 27 heavy (non-hydrogen) atoms. The van der Waals surface area contributed by atoms with Gasteiger partial charge < -0.3 is 15.4 Å². The molecule has 142 valence electrons. The lowest BCUT2D eigenvalue weighted by Crippen LogP contribution is -2.27. The van der Waals surface area contributed by atoms with Crippen LogP contribution in [0.3, 0.4) is 0 Å². The van der Waals surface area contributed by atoms with Crippen LogP contribution < -0.4 is 10.6 Å². The Morgan fingerprint density at radius 1 is 1.19 bits per heavy atom. The van der Waals surface area contributed by atoms with E-state index in [-0.39, 0.29) is 11.8 Å². The van der Waals surface area contributed by atoms with E-state index in [1.807, 2.05) is 35.7 Å². The average molecular weight is 403 g/mol. The highest BCUT2D eigenvalue weighted by molar-refractivity contribution is 8.04. The van der Waals surface area contributed by atoms with Crippen LogP contribution in [0.25, 0.3) is 0 Å². The Kier molecular flexibility index (Phi) is 6.95. The van der Waals surface area contributed by atoms with Gasteiger partial charge in [-0.15, -0.1) is 23.1 Å². The summed E-state index contributed by atoms with van der Waals surface area (Å²) in [7, 11) is 0. The minimum absolute atomic E-state index is 0.000114. The lowest BCUT2D eigenvalue weighted by Gasteiger charge is -2.17. The lowest BCUT2D eigenvalue weighted by molar-refractivity contribution is -0.120. The fraction of sp³-hybridized carbons (Fsp3) is 0.300. The van der Waals surface area contributed by atoms with Crippen LogP contribution in [0.2, 0.25) is 0 Å². The van der Waals surface area contributed by atoms with E-state index in [2.05, 4.69) is 16.7 Å². The van der Waals surface area contributed by atoms with Crippen LogP contribution in [0.5, 0.6) is 0 Å². The van der Waals surface area contributed by atoms with E-state index in [0.717, 1.165) is 17.7 Å². The zero-order valence-corrected chi connectivity index (χ0v) is 16.8. The second-order valence-corrected chi connectivity index (χ2v) is 8.23. The number of amides is 2. The summed E-state index contributed by atoms with van der Waals surface area (Å²) in [6, 6.07) is 11.4. The van der Waals surface area contributed by atoms with Crippen molar-refractivity contribution in [3.8, 4) is 0 Å². The van der Waals surface area contributed by atoms with Gasteiger partial charge in [-0.3, -0.25) is 9.59 Å². The van der Waals surface area contributed by atoms with Crippen LogP contribution in [-0.2, 0) is 27.2 Å². The van der Waals surface area contributed by atoms with Crippen molar-refractivity contribution in [2.75, 3.05) is 24.2 Å². The van der Waals surface area contributed by atoms with Crippen molar-refractivity contribution < 1.29 is 14.3 Å². The first-order valence-corrected chi connectivity index (χ1v) is 10.6. The molecule has 1 aliphatic heterocycles. The normalized spacial score (nSPS) is 13.8. The number of thiophene rings is 1. The average Bonchev–Trinajstić information content (AvgIpc) is 3.17. The molecule has 1 aromatic carbocycles. The van der Waals surface area contributed by atoms with Gasteiger partial charge in [-0.2, -0.15) is 0 Å². The van der Waals surface area contributed by atoms with E-state index in [1.165, 1.54) is 16.6 Å². The van der Waals surface area contributed by atoms with Gasteiger partial charge in [0, 0.05) is 22.9 Å². The van der Waals surface area contributed by atoms with E-state index in [4.69, 9.17) is 4.74 Å². The number of hydrogen-bond donors (Lipinski definition) is 2. The highest BCUT2D eigenvalue weighted by Crippen LogP contribution is 2.26. The van der Waals surface area contributed by atoms with E-state index in [0.29, 0.717) is 35.9 Å². The molecule has 0 spiro atoms. The maximum Gasteiger partial charge on any atom is 0.265 e. The smallest absolute Gasteiger partial charge is 0.265 e. The van der Waals surface area contributed by atoms with Gasteiger partial charge in [-0.1, -0.05) is 18.2 Å². The first kappa shape index (κ1) is 19.5. The molecule has 1 aromatic heterocycles. The van der Waals surface area contributed by atoms with Gasteiger partial charge in [0.2, 0.25) is 5.91 Å². The molecule has 3 rings (SSSR count). The molecule has 0 fully saturated rings. The van der Waals surface area contributed by atoms with Crippen molar-refractivity contribution >= 4 is 40.6 Å². The molecule has 5 nitrogen and oxygen atoms in total. The zero-order valence-electron chi connectivity index (χ0n) is 15.1. The molecule has 0 unspecified atom stereocenters. The number of hydrogen-bond acceptors (Lipinski definition) is 5. The summed E-state index contributed by atoms with van der Waals surface area (Å²) in [5, 5.41) is 7.85. The Labute approximate surface area is 167 Å². The second-order valence-electron chi connectivity index (χ2n) is 6.09. The molecule has 2 heterocycles. The maximum atomic E-state index is 12.3. The van der Waals surface area contributed by atoms with E-state index in [9.17, 15) is 9.59 Å². The monoisotopic (exact) mass is 402 g/mol. The number of nitrogens with one attached hydrogen (secondary N) is 2. The Hall–Kier alpha value is -2.25. The molecular weight excluding hydrogens is 380 g/mol. The van der Waals surface area contributed by atoms with Crippen molar-refractivity contribution in [3.63, 3.8) is 0 Å². The predicted octanol–water partition coefficient (Wildman–Crippen LogP) is 3.58. The number of allylic oxidation sites excluding steroid dienone is 1. The van der Waals surface area contributed by atoms with Gasteiger partial charge in [0.05, 0.1) is 13.0 Å². The zero-order chi connectivity index (χ0) is 19.1. The number of thioether (sulfide) groups is 1. The Morgan fingerprint density at radius 3 is 2.70 bits per heavy atom. The molecular formula is C20H22N2O3S2. The molecule has 0 aliphatic carbocycles. The molecule has 0 atom stereocenters. The Morgan fingerprint density at radius 2 is 2.00 bits per heavy atom. The van der Waals surface area contributed by atoms with Gasteiger partial charge in [0.25, 0.3) is 5.91 Å². The Balaban J connectivity index is 1.46. The number of anilines is 1. The predicted molar refractivity (Wildman–Crippen MR) is 111 cm³/mol. The molecule has 0 saturated carbocycles. The highest BCUT2D eigenvalue weighted by Gasteiger charge is 2.18. The third-order valence-electron chi connectivity index (χ3n) is 4.02. The van der Waals surface area contributed by atoms with Gasteiger partial charge in [-0.05, 0) is 42.5 Å². The summed E-state index contributed by atoms with van der Waals surface area (Å²) < 4.78 is 5.42. The molecule has 0 saturated heterocycles.